The highest BCUT2D eigenvalue weighted by molar-refractivity contribution is 6.32. The summed E-state index contributed by atoms with van der Waals surface area (Å²) >= 11 is 6.49. The Hall–Kier alpha value is -2.70. The number of pyridine rings is 1. The number of carbonyl (C=O) groups excluding carboxylic acids is 2. The number of esters is 2. The molecule has 0 bridgehead atoms. The minimum absolute atomic E-state index is 0.00986. The molecule has 4 rings (SSSR count). The maximum Gasteiger partial charge on any atom is 0.309 e. The zero-order chi connectivity index (χ0) is 19.6. The molecule has 2 aliphatic heterocycles. The van der Waals surface area contributed by atoms with Crippen LogP contribution in [0.15, 0.2) is 36.5 Å². The van der Waals surface area contributed by atoms with Gasteiger partial charge in [-0.3, -0.25) is 14.6 Å². The molecule has 28 heavy (non-hydrogen) atoms. The molecule has 1 fully saturated rings. The van der Waals surface area contributed by atoms with Gasteiger partial charge in [-0.25, -0.2) is 0 Å². The van der Waals surface area contributed by atoms with Gasteiger partial charge in [0, 0.05) is 16.8 Å². The van der Waals surface area contributed by atoms with Gasteiger partial charge in [0.05, 0.1) is 25.1 Å². The number of halogens is 1. The molecular weight excluding hydrogens is 380 g/mol. The van der Waals surface area contributed by atoms with Crippen molar-refractivity contribution in [3.63, 3.8) is 0 Å². The Kier molecular flexibility index (Phi) is 5.15. The quantitative estimate of drug-likeness (QED) is 0.783. The third-order valence-electron chi connectivity index (χ3n) is 4.82. The highest BCUT2D eigenvalue weighted by atomic mass is 35.5. The van der Waals surface area contributed by atoms with Gasteiger partial charge in [0.1, 0.15) is 0 Å². The van der Waals surface area contributed by atoms with Crippen molar-refractivity contribution in [3.8, 4) is 0 Å². The summed E-state index contributed by atoms with van der Waals surface area (Å²) in [6.45, 7) is 0.830. The lowest BCUT2D eigenvalue weighted by Crippen LogP contribution is -2.43. The number of nitrogens with zero attached hydrogens (tertiary/aromatic N) is 1. The van der Waals surface area contributed by atoms with Gasteiger partial charge in [-0.2, -0.15) is 0 Å². The largest absolute Gasteiger partial charge is 0.416 e. The van der Waals surface area contributed by atoms with Gasteiger partial charge in [-0.05, 0) is 54.4 Å². The van der Waals surface area contributed by atoms with Crippen molar-refractivity contribution in [1.29, 1.82) is 0 Å². The molecule has 144 valence electrons. The van der Waals surface area contributed by atoms with E-state index in [9.17, 15) is 9.59 Å². The molecule has 0 radical (unpaired) electrons. The van der Waals surface area contributed by atoms with Crippen LogP contribution in [0.2, 0.25) is 5.02 Å². The first-order valence-corrected chi connectivity index (χ1v) is 9.50. The second-order valence-corrected chi connectivity index (χ2v) is 7.11. The third-order valence-corrected chi connectivity index (χ3v) is 5.15. The first kappa shape index (κ1) is 18.7. The summed E-state index contributed by atoms with van der Waals surface area (Å²) in [7, 11) is 0. The average Bonchev–Trinajstić information content (AvgIpc) is 2.95. The van der Waals surface area contributed by atoms with E-state index in [2.05, 4.69) is 10.3 Å². The van der Waals surface area contributed by atoms with Gasteiger partial charge < -0.3 is 14.8 Å². The second-order valence-electron chi connectivity index (χ2n) is 6.70. The number of nitrogens with one attached hydrogen (secondary N) is 1. The summed E-state index contributed by atoms with van der Waals surface area (Å²) in [6, 6.07) is 9.16. The van der Waals surface area contributed by atoms with Gasteiger partial charge in [0.2, 0.25) is 0 Å². The minimum atomic E-state index is -1.48. The molecule has 0 saturated carbocycles. The van der Waals surface area contributed by atoms with Crippen molar-refractivity contribution in [2.24, 2.45) is 0 Å². The number of ether oxygens (including phenoxy) is 2. The number of fused-ring (bicyclic) bond motifs is 2. The van der Waals surface area contributed by atoms with Crippen LogP contribution in [0.1, 0.15) is 35.2 Å². The maximum absolute atomic E-state index is 12.2. The van der Waals surface area contributed by atoms with Crippen LogP contribution < -0.4 is 5.32 Å². The van der Waals surface area contributed by atoms with E-state index in [0.717, 1.165) is 16.8 Å². The lowest BCUT2D eigenvalue weighted by atomic mass is 9.93. The van der Waals surface area contributed by atoms with Crippen LogP contribution in [0.4, 0.5) is 0 Å². The van der Waals surface area contributed by atoms with E-state index >= 15 is 0 Å². The summed E-state index contributed by atoms with van der Waals surface area (Å²) in [6.07, 6.45) is 6.15. The van der Waals surface area contributed by atoms with Gasteiger partial charge in [0.15, 0.2) is 0 Å². The van der Waals surface area contributed by atoms with Crippen LogP contribution in [-0.2, 0) is 31.3 Å². The Bertz CT molecular complexity index is 925. The molecule has 2 aliphatic rings. The Morgan fingerprint density at radius 1 is 1.04 bits per heavy atom. The summed E-state index contributed by atoms with van der Waals surface area (Å²) in [4.78, 5) is 28.6. The molecule has 0 unspecified atom stereocenters. The fraction of sp³-hybridized carbons (Fsp3) is 0.286. The second kappa shape index (κ2) is 7.73. The molecule has 3 heterocycles. The number of carbonyl (C=O) groups is 2. The molecule has 0 amide bonds. The zero-order valence-corrected chi connectivity index (χ0v) is 15.9. The van der Waals surface area contributed by atoms with Crippen LogP contribution >= 0.6 is 11.6 Å². The number of aromatic nitrogens is 1. The Balaban J connectivity index is 1.82. The fourth-order valence-corrected chi connectivity index (χ4v) is 3.76. The highest BCUT2D eigenvalue weighted by Crippen LogP contribution is 2.38. The number of hydrogen-bond donors (Lipinski definition) is 1. The molecule has 2 aromatic rings. The Morgan fingerprint density at radius 3 is 2.54 bits per heavy atom. The topological polar surface area (TPSA) is 77.5 Å². The SMILES string of the molecule is O=C1CCC(=O)OC2(CNCCc3c2ccc(Cl)c3/C=C/c2ccccn2)O1. The molecule has 1 N–H and O–H groups in total. The number of rotatable bonds is 2. The van der Waals surface area contributed by atoms with Crippen LogP contribution in [-0.4, -0.2) is 30.0 Å². The summed E-state index contributed by atoms with van der Waals surface area (Å²) < 4.78 is 11.3. The first-order chi connectivity index (χ1) is 13.6. The maximum atomic E-state index is 12.2. The molecule has 6 nitrogen and oxygen atoms in total. The van der Waals surface area contributed by atoms with E-state index in [1.54, 1.807) is 18.3 Å². The van der Waals surface area contributed by atoms with Gasteiger partial charge in [-0.1, -0.05) is 23.7 Å². The van der Waals surface area contributed by atoms with Crippen LogP contribution in [0.5, 0.6) is 0 Å². The number of hydrogen-bond acceptors (Lipinski definition) is 6. The van der Waals surface area contributed by atoms with Gasteiger partial charge in [0.25, 0.3) is 5.79 Å². The van der Waals surface area contributed by atoms with Crippen molar-refractivity contribution in [3.05, 3.63) is 63.9 Å². The average molecular weight is 399 g/mol. The molecule has 1 aromatic carbocycles. The Morgan fingerprint density at radius 2 is 1.82 bits per heavy atom. The van der Waals surface area contributed by atoms with E-state index in [-0.39, 0.29) is 19.4 Å². The van der Waals surface area contributed by atoms with Crippen LogP contribution in [0.3, 0.4) is 0 Å². The highest BCUT2D eigenvalue weighted by Gasteiger charge is 2.45. The van der Waals surface area contributed by atoms with Gasteiger partial charge >= 0.3 is 11.9 Å². The zero-order valence-electron chi connectivity index (χ0n) is 15.1. The summed E-state index contributed by atoms with van der Waals surface area (Å²) in [5.41, 5.74) is 3.12. The molecule has 0 aliphatic carbocycles. The molecular formula is C21H19ClN2O4. The van der Waals surface area contributed by atoms with Crippen LogP contribution in [0, 0.1) is 0 Å². The predicted octanol–water partition coefficient (Wildman–Crippen LogP) is 3.08. The van der Waals surface area contributed by atoms with Crippen LogP contribution in [0.25, 0.3) is 12.2 Å². The summed E-state index contributed by atoms with van der Waals surface area (Å²) in [5, 5.41) is 3.77. The van der Waals surface area contributed by atoms with E-state index < -0.39 is 17.7 Å². The predicted molar refractivity (Wildman–Crippen MR) is 104 cm³/mol. The normalized spacial score (nSPS) is 18.9. The van der Waals surface area contributed by atoms with Crippen molar-refractivity contribution >= 4 is 35.7 Å². The van der Waals surface area contributed by atoms with E-state index in [4.69, 9.17) is 21.1 Å². The van der Waals surface area contributed by atoms with Crippen molar-refractivity contribution in [2.75, 3.05) is 13.1 Å². The fourth-order valence-electron chi connectivity index (χ4n) is 3.52. The molecule has 7 heteroatoms. The van der Waals surface area contributed by atoms with E-state index in [1.165, 1.54) is 0 Å². The van der Waals surface area contributed by atoms with E-state index in [0.29, 0.717) is 23.6 Å². The summed E-state index contributed by atoms with van der Waals surface area (Å²) in [5.74, 6) is -2.39. The minimum Gasteiger partial charge on any atom is -0.416 e. The molecule has 1 saturated heterocycles. The first-order valence-electron chi connectivity index (χ1n) is 9.13. The monoisotopic (exact) mass is 398 g/mol. The van der Waals surface area contributed by atoms with Gasteiger partial charge in [-0.15, -0.1) is 0 Å². The van der Waals surface area contributed by atoms with E-state index in [1.807, 2.05) is 30.4 Å². The van der Waals surface area contributed by atoms with Crippen molar-refractivity contribution in [2.45, 2.75) is 25.0 Å². The Labute approximate surface area is 167 Å². The lowest BCUT2D eigenvalue weighted by molar-refractivity contribution is -0.225. The lowest BCUT2D eigenvalue weighted by Gasteiger charge is -2.32. The standard InChI is InChI=1S/C21H19ClN2O4/c22-18-7-6-17-15(16(18)5-4-14-3-1-2-11-24-14)10-12-23-13-21(17)27-19(25)8-9-20(26)28-21/h1-7,11,23H,8-10,12-13H2/b5-4+. The number of benzene rings is 1. The molecule has 1 spiro atoms. The smallest absolute Gasteiger partial charge is 0.309 e. The molecule has 0 atom stereocenters. The van der Waals surface area contributed by atoms with Crippen molar-refractivity contribution in [1.82, 2.24) is 10.3 Å². The molecule has 1 aromatic heterocycles. The van der Waals surface area contributed by atoms with Crippen molar-refractivity contribution < 1.29 is 19.1 Å². The third kappa shape index (κ3) is 3.66.